The molecule has 0 heterocycles. The zero-order chi connectivity index (χ0) is 19.2. The Labute approximate surface area is 148 Å². The number of halogens is 3. The Balaban J connectivity index is 2.08. The Morgan fingerprint density at radius 2 is 1.69 bits per heavy atom. The van der Waals surface area contributed by atoms with E-state index in [0.29, 0.717) is 5.56 Å². The summed E-state index contributed by atoms with van der Waals surface area (Å²) < 4.78 is 44.3. The number of rotatable bonds is 7. The number of hydrogen-bond donors (Lipinski definition) is 1. The second-order valence-corrected chi connectivity index (χ2v) is 5.38. The van der Waals surface area contributed by atoms with Crippen molar-refractivity contribution in [2.24, 2.45) is 0 Å². The highest BCUT2D eigenvalue weighted by Crippen LogP contribution is 2.37. The molecule has 2 aromatic carbocycles. The molecule has 26 heavy (non-hydrogen) atoms. The lowest BCUT2D eigenvalue weighted by Crippen LogP contribution is -2.18. The van der Waals surface area contributed by atoms with Crippen LogP contribution < -0.4 is 10.1 Å². The van der Waals surface area contributed by atoms with Gasteiger partial charge in [0, 0.05) is 0 Å². The molecular formula is C18H18F3NO4. The number of carbonyl (C=O) groups excluding carboxylic acids is 1. The second-order valence-electron chi connectivity index (χ2n) is 5.38. The molecule has 0 radical (unpaired) electrons. The van der Waals surface area contributed by atoms with Gasteiger partial charge >= 0.3 is 6.18 Å². The first kappa shape index (κ1) is 19.7. The van der Waals surface area contributed by atoms with Crippen molar-refractivity contribution in [1.29, 1.82) is 0 Å². The number of hydrogen-bond acceptors (Lipinski definition) is 4. The van der Waals surface area contributed by atoms with Gasteiger partial charge in [0.25, 0.3) is 0 Å². The topological polar surface area (TPSA) is 56.8 Å². The lowest BCUT2D eigenvalue weighted by atomic mass is 10.1. The first-order valence-corrected chi connectivity index (χ1v) is 7.62. The van der Waals surface area contributed by atoms with Crippen molar-refractivity contribution >= 4 is 11.6 Å². The highest BCUT2D eigenvalue weighted by molar-refractivity contribution is 5.93. The summed E-state index contributed by atoms with van der Waals surface area (Å²) in [6.45, 7) is 0.254. The molecule has 0 aromatic heterocycles. The van der Waals surface area contributed by atoms with Gasteiger partial charge in [-0.05, 0) is 29.3 Å². The Morgan fingerprint density at radius 3 is 2.27 bits per heavy atom. The Bertz CT molecular complexity index is 745. The van der Waals surface area contributed by atoms with E-state index in [9.17, 15) is 18.0 Å². The summed E-state index contributed by atoms with van der Waals surface area (Å²) in [5.74, 6) is -0.495. The minimum Gasteiger partial charge on any atom is -0.497 e. The van der Waals surface area contributed by atoms with Gasteiger partial charge in [0.15, 0.2) is 0 Å². The van der Waals surface area contributed by atoms with Gasteiger partial charge in [-0.1, -0.05) is 24.3 Å². The van der Waals surface area contributed by atoms with E-state index in [0.717, 1.165) is 11.6 Å². The van der Waals surface area contributed by atoms with Gasteiger partial charge in [0.2, 0.25) is 5.91 Å². The molecule has 0 saturated heterocycles. The Morgan fingerprint density at radius 1 is 1.04 bits per heavy atom. The molecule has 140 valence electrons. The second kappa shape index (κ2) is 8.68. The summed E-state index contributed by atoms with van der Waals surface area (Å²) in [5.41, 5.74) is 0.224. The van der Waals surface area contributed by atoms with E-state index in [4.69, 9.17) is 9.62 Å². The standard InChI is InChI=1S/C18H18F3NO4/c1-24-14-7-8-16(15(10-14)18(19,20)21)22-17(23)9-12-3-5-13(6-4-12)11-26-25-2/h3-8,10H,9,11H2,1-2H3,(H,22,23). The van der Waals surface area contributed by atoms with Crippen molar-refractivity contribution in [3.05, 3.63) is 59.2 Å². The highest BCUT2D eigenvalue weighted by Gasteiger charge is 2.34. The van der Waals surface area contributed by atoms with Gasteiger partial charge in [-0.15, -0.1) is 0 Å². The van der Waals surface area contributed by atoms with E-state index in [2.05, 4.69) is 10.2 Å². The normalized spacial score (nSPS) is 11.3. The van der Waals surface area contributed by atoms with Gasteiger partial charge in [0.1, 0.15) is 12.4 Å². The van der Waals surface area contributed by atoms with E-state index in [-0.39, 0.29) is 24.5 Å². The van der Waals surface area contributed by atoms with Crippen LogP contribution in [0.1, 0.15) is 16.7 Å². The van der Waals surface area contributed by atoms with Gasteiger partial charge in [-0.25, -0.2) is 9.78 Å². The third kappa shape index (κ3) is 5.47. The number of methoxy groups -OCH3 is 1. The molecule has 0 unspecified atom stereocenters. The highest BCUT2D eigenvalue weighted by atomic mass is 19.4. The predicted octanol–water partition coefficient (Wildman–Crippen LogP) is 3.97. The van der Waals surface area contributed by atoms with Crippen LogP contribution in [0.25, 0.3) is 0 Å². The largest absolute Gasteiger partial charge is 0.497 e. The molecule has 2 rings (SSSR count). The molecular weight excluding hydrogens is 351 g/mol. The zero-order valence-corrected chi connectivity index (χ0v) is 14.2. The monoisotopic (exact) mass is 369 g/mol. The van der Waals surface area contributed by atoms with Gasteiger partial charge in [-0.3, -0.25) is 4.79 Å². The number of amides is 1. The smallest absolute Gasteiger partial charge is 0.418 e. The lowest BCUT2D eigenvalue weighted by molar-refractivity contribution is -0.282. The number of anilines is 1. The number of alkyl halides is 3. The number of ether oxygens (including phenoxy) is 1. The van der Waals surface area contributed by atoms with Crippen LogP contribution in [0.4, 0.5) is 18.9 Å². The van der Waals surface area contributed by atoms with Crippen LogP contribution in [0.5, 0.6) is 5.75 Å². The van der Waals surface area contributed by atoms with Crippen LogP contribution in [0.15, 0.2) is 42.5 Å². The maximum Gasteiger partial charge on any atom is 0.418 e. The third-order valence-corrected chi connectivity index (χ3v) is 3.54. The number of benzene rings is 2. The van der Waals surface area contributed by atoms with Crippen LogP contribution >= 0.6 is 0 Å². The molecule has 0 spiro atoms. The predicted molar refractivity (Wildman–Crippen MR) is 88.6 cm³/mol. The average Bonchev–Trinajstić information content (AvgIpc) is 2.60. The molecule has 0 saturated carbocycles. The molecule has 0 atom stereocenters. The molecule has 0 fully saturated rings. The van der Waals surface area contributed by atoms with Gasteiger partial charge in [0.05, 0.1) is 31.9 Å². The SMILES string of the molecule is COOCc1ccc(CC(=O)Nc2ccc(OC)cc2C(F)(F)F)cc1. The first-order chi connectivity index (χ1) is 12.3. The fourth-order valence-electron chi connectivity index (χ4n) is 2.25. The van der Waals surface area contributed by atoms with E-state index < -0.39 is 17.6 Å². The van der Waals surface area contributed by atoms with Crippen molar-refractivity contribution in [1.82, 2.24) is 0 Å². The van der Waals surface area contributed by atoms with Crippen molar-refractivity contribution in [3.63, 3.8) is 0 Å². The van der Waals surface area contributed by atoms with Gasteiger partial charge in [-0.2, -0.15) is 13.2 Å². The molecule has 1 amide bonds. The van der Waals surface area contributed by atoms with E-state index in [1.807, 2.05) is 0 Å². The molecule has 0 aliphatic heterocycles. The molecule has 0 aliphatic carbocycles. The fraction of sp³-hybridized carbons (Fsp3) is 0.278. The minimum atomic E-state index is -4.61. The van der Waals surface area contributed by atoms with Crippen molar-refractivity contribution in [2.45, 2.75) is 19.2 Å². The summed E-state index contributed by atoms with van der Waals surface area (Å²) in [6.07, 6.45) is -4.67. The zero-order valence-electron chi connectivity index (χ0n) is 14.2. The molecule has 5 nitrogen and oxygen atoms in total. The maximum absolute atomic E-state index is 13.2. The number of carbonyl (C=O) groups is 1. The molecule has 0 bridgehead atoms. The van der Waals surface area contributed by atoms with E-state index in [1.165, 1.54) is 26.4 Å². The van der Waals surface area contributed by atoms with Crippen LogP contribution in [-0.4, -0.2) is 20.1 Å². The molecule has 8 heteroatoms. The van der Waals surface area contributed by atoms with Crippen LogP contribution in [0, 0.1) is 0 Å². The average molecular weight is 369 g/mol. The Kier molecular flexibility index (Phi) is 6.59. The molecule has 1 N–H and O–H groups in total. The van der Waals surface area contributed by atoms with Crippen LogP contribution in [-0.2, 0) is 33.8 Å². The van der Waals surface area contributed by atoms with Crippen molar-refractivity contribution in [2.75, 3.05) is 19.5 Å². The van der Waals surface area contributed by atoms with Gasteiger partial charge < -0.3 is 10.1 Å². The first-order valence-electron chi connectivity index (χ1n) is 7.62. The summed E-state index contributed by atoms with van der Waals surface area (Å²) in [5, 5.41) is 2.31. The Hall–Kier alpha value is -2.58. The lowest BCUT2D eigenvalue weighted by Gasteiger charge is -2.15. The van der Waals surface area contributed by atoms with Crippen molar-refractivity contribution in [3.8, 4) is 5.75 Å². The molecule has 0 aliphatic rings. The quantitative estimate of drug-likeness (QED) is 0.593. The van der Waals surface area contributed by atoms with Crippen molar-refractivity contribution < 1.29 is 32.5 Å². The summed E-state index contributed by atoms with van der Waals surface area (Å²) in [6, 6.07) is 10.3. The van der Waals surface area contributed by atoms with Crippen LogP contribution in [0.2, 0.25) is 0 Å². The summed E-state index contributed by atoms with van der Waals surface area (Å²) in [4.78, 5) is 21.4. The number of nitrogens with one attached hydrogen (secondary N) is 1. The summed E-state index contributed by atoms with van der Waals surface area (Å²) in [7, 11) is 2.67. The van der Waals surface area contributed by atoms with Crippen LogP contribution in [0.3, 0.4) is 0 Å². The third-order valence-electron chi connectivity index (χ3n) is 3.54. The minimum absolute atomic E-state index is 0.0594. The maximum atomic E-state index is 13.2. The summed E-state index contributed by atoms with van der Waals surface area (Å²) >= 11 is 0. The van der Waals surface area contributed by atoms with E-state index >= 15 is 0 Å². The van der Waals surface area contributed by atoms with E-state index in [1.54, 1.807) is 24.3 Å². The fourth-order valence-corrected chi connectivity index (χ4v) is 2.25. The molecule has 2 aromatic rings.